The summed E-state index contributed by atoms with van der Waals surface area (Å²) < 4.78 is 6.26. The van der Waals surface area contributed by atoms with E-state index in [9.17, 15) is 19.2 Å². The number of carbonyl (C=O) groups is 4. The quantitative estimate of drug-likeness (QED) is 0.241. The maximum Gasteiger partial charge on any atom is 0.335 e. The van der Waals surface area contributed by atoms with E-state index in [2.05, 4.69) is 26.6 Å². The molecule has 38 heavy (non-hydrogen) atoms. The molecule has 0 bridgehead atoms. The predicted octanol–water partition coefficient (Wildman–Crippen LogP) is 6.40. The Morgan fingerprint density at radius 2 is 1.66 bits per heavy atom. The number of imide groups is 2. The van der Waals surface area contributed by atoms with Crippen molar-refractivity contribution >= 4 is 91.9 Å². The summed E-state index contributed by atoms with van der Waals surface area (Å²) in [7, 11) is 0. The Morgan fingerprint density at radius 3 is 2.29 bits per heavy atom. The molecule has 3 aromatic rings. The van der Waals surface area contributed by atoms with Crippen molar-refractivity contribution in [2.75, 3.05) is 16.8 Å². The molecule has 1 aliphatic rings. The first-order valence-electron chi connectivity index (χ1n) is 10.9. The van der Waals surface area contributed by atoms with Crippen LogP contribution in [-0.4, -0.2) is 30.4 Å². The van der Waals surface area contributed by atoms with E-state index in [1.165, 1.54) is 18.2 Å². The lowest BCUT2D eigenvalue weighted by molar-refractivity contribution is -0.122. The van der Waals surface area contributed by atoms with E-state index < -0.39 is 30.4 Å². The molecule has 0 atom stereocenters. The van der Waals surface area contributed by atoms with Gasteiger partial charge in [-0.05, 0) is 72.7 Å². The molecule has 5 amide bonds. The monoisotopic (exact) mass is 635 g/mol. The first-order valence-corrected chi connectivity index (χ1v) is 12.8. The Morgan fingerprint density at radius 1 is 1.00 bits per heavy atom. The van der Waals surface area contributed by atoms with Crippen molar-refractivity contribution in [3.8, 4) is 5.75 Å². The van der Waals surface area contributed by atoms with Crippen LogP contribution in [0.3, 0.4) is 0 Å². The molecule has 1 aliphatic heterocycles. The third-order valence-electron chi connectivity index (χ3n) is 5.32. The molecule has 0 radical (unpaired) electrons. The summed E-state index contributed by atoms with van der Waals surface area (Å²) >= 11 is 22.0. The summed E-state index contributed by atoms with van der Waals surface area (Å²) in [6.07, 6.45) is 1.26. The van der Waals surface area contributed by atoms with Crippen molar-refractivity contribution in [1.82, 2.24) is 5.32 Å². The Labute approximate surface area is 240 Å². The number of benzene rings is 3. The summed E-state index contributed by atoms with van der Waals surface area (Å²) in [5, 5.41) is 5.40. The van der Waals surface area contributed by atoms with Crippen LogP contribution in [0.4, 0.5) is 16.2 Å². The Bertz CT molecular complexity index is 1490. The van der Waals surface area contributed by atoms with Crippen molar-refractivity contribution in [2.24, 2.45) is 0 Å². The van der Waals surface area contributed by atoms with Crippen LogP contribution in [0.2, 0.25) is 15.1 Å². The normalized spacial score (nSPS) is 14.5. The first-order chi connectivity index (χ1) is 18.0. The second-order valence-electron chi connectivity index (χ2n) is 8.05. The van der Waals surface area contributed by atoms with Gasteiger partial charge in [0.25, 0.3) is 17.7 Å². The summed E-state index contributed by atoms with van der Waals surface area (Å²) in [6.45, 7) is 1.45. The number of hydrogen-bond donors (Lipinski definition) is 2. The van der Waals surface area contributed by atoms with E-state index >= 15 is 0 Å². The smallest absolute Gasteiger partial charge is 0.335 e. The average Bonchev–Trinajstić information content (AvgIpc) is 2.84. The number of barbiturate groups is 1. The van der Waals surface area contributed by atoms with Gasteiger partial charge in [-0.15, -0.1) is 0 Å². The minimum atomic E-state index is -0.870. The molecule has 12 heteroatoms. The van der Waals surface area contributed by atoms with Gasteiger partial charge in [0.05, 0.1) is 15.7 Å². The summed E-state index contributed by atoms with van der Waals surface area (Å²) in [5.41, 5.74) is 1.65. The fourth-order valence-electron chi connectivity index (χ4n) is 3.45. The number of rotatable bonds is 6. The minimum absolute atomic E-state index is 0.0404. The molecule has 0 spiro atoms. The molecule has 0 aromatic heterocycles. The minimum Gasteiger partial charge on any atom is -0.481 e. The molecule has 1 heterocycles. The zero-order chi connectivity index (χ0) is 27.6. The van der Waals surface area contributed by atoms with Crippen LogP contribution >= 0.6 is 50.7 Å². The molecule has 4 rings (SSSR count). The van der Waals surface area contributed by atoms with E-state index in [1.807, 2.05) is 6.92 Å². The van der Waals surface area contributed by atoms with Gasteiger partial charge in [-0.2, -0.15) is 0 Å². The number of amides is 5. The van der Waals surface area contributed by atoms with Crippen molar-refractivity contribution in [2.45, 2.75) is 6.92 Å². The van der Waals surface area contributed by atoms with Gasteiger partial charge in [-0.3, -0.25) is 19.7 Å². The molecule has 0 unspecified atom stereocenters. The SMILES string of the molecule is Cc1ccc(NC(=O)COc2c(Cl)cc(/C=C3\C(=O)NC(=O)N(c4ccc(Br)cc4)C3=O)cc2Cl)cc1Cl. The molecule has 0 aliphatic carbocycles. The highest BCUT2D eigenvalue weighted by Gasteiger charge is 2.36. The highest BCUT2D eigenvalue weighted by atomic mass is 79.9. The van der Waals surface area contributed by atoms with E-state index in [4.69, 9.17) is 39.5 Å². The standard InChI is InChI=1S/C26H17BrCl3N3O5/c1-13-2-5-16(11-19(13)28)31-22(34)12-38-23-20(29)9-14(10-21(23)30)8-18-24(35)32-26(37)33(25(18)36)17-6-3-15(27)4-7-17/h2-11H,12H2,1H3,(H,31,34)(H,32,35,37)/b18-8+. The van der Waals surface area contributed by atoms with Crippen LogP contribution in [-0.2, 0) is 14.4 Å². The molecular formula is C26H17BrCl3N3O5. The fraction of sp³-hybridized carbons (Fsp3) is 0.0769. The molecule has 1 saturated heterocycles. The first kappa shape index (κ1) is 27.7. The number of nitrogens with one attached hydrogen (secondary N) is 2. The van der Waals surface area contributed by atoms with Gasteiger partial charge in [-0.1, -0.05) is 56.8 Å². The lowest BCUT2D eigenvalue weighted by atomic mass is 10.1. The molecule has 3 aromatic carbocycles. The van der Waals surface area contributed by atoms with Gasteiger partial charge in [-0.25, -0.2) is 9.69 Å². The molecular weight excluding hydrogens is 621 g/mol. The van der Waals surface area contributed by atoms with Crippen molar-refractivity contribution < 1.29 is 23.9 Å². The van der Waals surface area contributed by atoms with Gasteiger partial charge in [0.15, 0.2) is 12.4 Å². The predicted molar refractivity (Wildman–Crippen MR) is 150 cm³/mol. The van der Waals surface area contributed by atoms with Gasteiger partial charge in [0.2, 0.25) is 0 Å². The fourth-order valence-corrected chi connectivity index (χ4v) is 4.51. The van der Waals surface area contributed by atoms with E-state index in [1.54, 1.807) is 42.5 Å². The second kappa shape index (κ2) is 11.6. The molecule has 0 saturated carbocycles. The highest BCUT2D eigenvalue weighted by molar-refractivity contribution is 9.10. The third-order valence-corrected chi connectivity index (χ3v) is 6.82. The molecule has 2 N–H and O–H groups in total. The zero-order valence-corrected chi connectivity index (χ0v) is 23.3. The Hall–Kier alpha value is -3.37. The van der Waals surface area contributed by atoms with Gasteiger partial charge in [0, 0.05) is 15.2 Å². The van der Waals surface area contributed by atoms with Crippen molar-refractivity contribution in [3.05, 3.63) is 90.8 Å². The van der Waals surface area contributed by atoms with Gasteiger partial charge in [0.1, 0.15) is 5.57 Å². The third kappa shape index (κ3) is 6.19. The van der Waals surface area contributed by atoms with Crippen LogP contribution in [0.15, 0.2) is 64.6 Å². The number of nitrogens with zero attached hydrogens (tertiary/aromatic N) is 1. The maximum absolute atomic E-state index is 13.1. The summed E-state index contributed by atoms with van der Waals surface area (Å²) in [6, 6.07) is 13.5. The van der Waals surface area contributed by atoms with E-state index in [0.29, 0.717) is 16.3 Å². The van der Waals surface area contributed by atoms with Crippen LogP contribution in [0.1, 0.15) is 11.1 Å². The van der Waals surface area contributed by atoms with E-state index in [-0.39, 0.29) is 27.1 Å². The van der Waals surface area contributed by atoms with Crippen molar-refractivity contribution in [1.29, 1.82) is 0 Å². The number of ether oxygens (including phenoxy) is 1. The number of aryl methyl sites for hydroxylation is 1. The topological polar surface area (TPSA) is 105 Å². The van der Waals surface area contributed by atoms with Crippen LogP contribution in [0.5, 0.6) is 5.75 Å². The van der Waals surface area contributed by atoms with E-state index in [0.717, 1.165) is 14.9 Å². The number of halogens is 4. The van der Waals surface area contributed by atoms with Crippen molar-refractivity contribution in [3.63, 3.8) is 0 Å². The second-order valence-corrected chi connectivity index (χ2v) is 10.2. The molecule has 1 fully saturated rings. The summed E-state index contributed by atoms with van der Waals surface area (Å²) in [4.78, 5) is 51.0. The maximum atomic E-state index is 13.1. The van der Waals surface area contributed by atoms with Gasteiger partial charge < -0.3 is 10.1 Å². The molecule has 194 valence electrons. The average molecular weight is 638 g/mol. The number of anilines is 2. The van der Waals surface area contributed by atoms with Crippen LogP contribution in [0, 0.1) is 6.92 Å². The number of urea groups is 1. The largest absolute Gasteiger partial charge is 0.481 e. The Kier molecular flexibility index (Phi) is 8.42. The highest BCUT2D eigenvalue weighted by Crippen LogP contribution is 2.35. The lowest BCUT2D eigenvalue weighted by Crippen LogP contribution is -2.54. The molecule has 8 nitrogen and oxygen atoms in total. The zero-order valence-electron chi connectivity index (χ0n) is 19.5. The number of hydrogen-bond acceptors (Lipinski definition) is 5. The summed E-state index contributed by atoms with van der Waals surface area (Å²) in [5.74, 6) is -2.11. The number of carbonyl (C=O) groups excluding carboxylic acids is 4. The van der Waals surface area contributed by atoms with Crippen LogP contribution < -0.4 is 20.3 Å². The Balaban J connectivity index is 1.51. The van der Waals surface area contributed by atoms with Crippen LogP contribution in [0.25, 0.3) is 6.08 Å². The van der Waals surface area contributed by atoms with Gasteiger partial charge >= 0.3 is 6.03 Å². The lowest BCUT2D eigenvalue weighted by Gasteiger charge is -2.26.